The molecule has 70 valence electrons. The zero-order valence-electron chi connectivity index (χ0n) is 6.85. The second kappa shape index (κ2) is 2.59. The number of aromatic hydroxyl groups is 1. The fraction of sp³-hybridized carbons (Fsp3) is 0.333. The van der Waals surface area contributed by atoms with Crippen molar-refractivity contribution in [1.82, 2.24) is 0 Å². The Balaban J connectivity index is 2.56. The smallest absolute Gasteiger partial charge is 0.139 e. The van der Waals surface area contributed by atoms with E-state index in [1.54, 1.807) is 0 Å². The normalized spacial score (nSPS) is 18.7. The summed E-state index contributed by atoms with van der Waals surface area (Å²) in [7, 11) is 0. The van der Waals surface area contributed by atoms with Gasteiger partial charge in [-0.15, -0.1) is 0 Å². The lowest BCUT2D eigenvalue weighted by molar-refractivity contribution is 0.457. The van der Waals surface area contributed by atoms with Gasteiger partial charge in [-0.05, 0) is 25.0 Å². The summed E-state index contributed by atoms with van der Waals surface area (Å²) in [5, 5.41) is 9.54. The van der Waals surface area contributed by atoms with Crippen molar-refractivity contribution in [3.63, 3.8) is 0 Å². The molecule has 0 unspecified atom stereocenters. The van der Waals surface area contributed by atoms with E-state index in [9.17, 15) is 9.50 Å². The number of benzene rings is 1. The van der Waals surface area contributed by atoms with Gasteiger partial charge in [0.15, 0.2) is 0 Å². The van der Waals surface area contributed by atoms with E-state index in [-0.39, 0.29) is 10.8 Å². The summed E-state index contributed by atoms with van der Waals surface area (Å²) in [6.07, 6.45) is 1.53. The molecule has 2 nitrogen and oxygen atoms in total. The zero-order valence-corrected chi connectivity index (χ0v) is 7.61. The molecule has 3 N–H and O–H groups in total. The molecule has 0 aliphatic heterocycles. The van der Waals surface area contributed by atoms with Crippen LogP contribution < -0.4 is 5.73 Å². The van der Waals surface area contributed by atoms with Crippen molar-refractivity contribution in [3.8, 4) is 5.75 Å². The predicted octanol–water partition coefficient (Wildman–Crippen LogP) is 2.13. The van der Waals surface area contributed by atoms with Gasteiger partial charge in [0.25, 0.3) is 0 Å². The maximum atomic E-state index is 12.9. The van der Waals surface area contributed by atoms with E-state index < -0.39 is 11.4 Å². The second-order valence-corrected chi connectivity index (χ2v) is 3.85. The first-order valence-electron chi connectivity index (χ1n) is 4.00. The van der Waals surface area contributed by atoms with Crippen LogP contribution >= 0.6 is 11.6 Å². The molecule has 0 atom stereocenters. The van der Waals surface area contributed by atoms with Crippen LogP contribution in [0.3, 0.4) is 0 Å². The first-order valence-corrected chi connectivity index (χ1v) is 4.38. The van der Waals surface area contributed by atoms with Gasteiger partial charge in [-0.3, -0.25) is 0 Å². The molecule has 0 saturated heterocycles. The first kappa shape index (κ1) is 8.78. The lowest BCUT2D eigenvalue weighted by Gasteiger charge is -2.12. The van der Waals surface area contributed by atoms with Gasteiger partial charge in [0.2, 0.25) is 0 Å². The van der Waals surface area contributed by atoms with Crippen LogP contribution in [0.15, 0.2) is 12.1 Å². The van der Waals surface area contributed by atoms with Gasteiger partial charge < -0.3 is 10.8 Å². The SMILES string of the molecule is NC1(c2cc(F)cc(Cl)c2O)CC1. The van der Waals surface area contributed by atoms with Crippen LogP contribution in [-0.2, 0) is 5.54 Å². The van der Waals surface area contributed by atoms with Crippen molar-refractivity contribution in [2.24, 2.45) is 5.73 Å². The molecule has 0 bridgehead atoms. The molecule has 1 aromatic carbocycles. The van der Waals surface area contributed by atoms with Gasteiger partial charge in [-0.25, -0.2) is 4.39 Å². The second-order valence-electron chi connectivity index (χ2n) is 3.44. The molecule has 1 aliphatic carbocycles. The quantitative estimate of drug-likeness (QED) is 0.731. The van der Waals surface area contributed by atoms with Crippen molar-refractivity contribution in [2.75, 3.05) is 0 Å². The van der Waals surface area contributed by atoms with E-state index in [1.807, 2.05) is 0 Å². The molecule has 2 rings (SSSR count). The van der Waals surface area contributed by atoms with E-state index in [4.69, 9.17) is 17.3 Å². The third-order valence-corrected chi connectivity index (χ3v) is 2.64. The van der Waals surface area contributed by atoms with Crippen molar-refractivity contribution in [1.29, 1.82) is 0 Å². The van der Waals surface area contributed by atoms with Gasteiger partial charge in [-0.2, -0.15) is 0 Å². The molecular weight excluding hydrogens is 193 g/mol. The van der Waals surface area contributed by atoms with E-state index in [1.165, 1.54) is 6.07 Å². The third kappa shape index (κ3) is 1.38. The van der Waals surface area contributed by atoms with Gasteiger partial charge in [0.05, 0.1) is 5.02 Å². The van der Waals surface area contributed by atoms with Crippen LogP contribution in [0.25, 0.3) is 0 Å². The van der Waals surface area contributed by atoms with E-state index in [0.29, 0.717) is 5.56 Å². The van der Waals surface area contributed by atoms with Crippen molar-refractivity contribution >= 4 is 11.6 Å². The maximum absolute atomic E-state index is 12.9. The Morgan fingerprint density at radius 2 is 2.08 bits per heavy atom. The fourth-order valence-electron chi connectivity index (χ4n) is 1.35. The highest BCUT2D eigenvalue weighted by Gasteiger charge is 2.42. The summed E-state index contributed by atoms with van der Waals surface area (Å²) in [6.45, 7) is 0. The molecular formula is C9H9ClFNO. The first-order chi connectivity index (χ1) is 6.03. The van der Waals surface area contributed by atoms with Gasteiger partial charge in [0.1, 0.15) is 11.6 Å². The minimum absolute atomic E-state index is 0.0201. The average Bonchev–Trinajstić information content (AvgIpc) is 2.77. The Bertz CT molecular complexity index is 363. The molecule has 0 aromatic heterocycles. The molecule has 0 amide bonds. The number of halogens is 2. The number of rotatable bonds is 1. The van der Waals surface area contributed by atoms with Gasteiger partial charge in [-0.1, -0.05) is 11.6 Å². The lowest BCUT2D eigenvalue weighted by Crippen LogP contribution is -2.19. The van der Waals surface area contributed by atoms with E-state index >= 15 is 0 Å². The monoisotopic (exact) mass is 201 g/mol. The highest BCUT2D eigenvalue weighted by molar-refractivity contribution is 6.32. The third-order valence-electron chi connectivity index (χ3n) is 2.35. The van der Waals surface area contributed by atoms with Crippen molar-refractivity contribution in [3.05, 3.63) is 28.5 Å². The summed E-state index contributed by atoms with van der Waals surface area (Å²) in [5.41, 5.74) is 5.68. The Labute approximate surface area is 80.1 Å². The summed E-state index contributed by atoms with van der Waals surface area (Å²) in [6, 6.07) is 2.32. The van der Waals surface area contributed by atoms with Crippen molar-refractivity contribution in [2.45, 2.75) is 18.4 Å². The Morgan fingerprint density at radius 1 is 1.46 bits per heavy atom. The topological polar surface area (TPSA) is 46.2 Å². The summed E-state index contributed by atoms with van der Waals surface area (Å²) in [5.74, 6) is -0.558. The molecule has 1 saturated carbocycles. The van der Waals surface area contributed by atoms with Crippen LogP contribution in [0, 0.1) is 5.82 Å². The minimum atomic E-state index is -0.560. The molecule has 1 aromatic rings. The number of hydrogen-bond donors (Lipinski definition) is 2. The van der Waals surface area contributed by atoms with Gasteiger partial charge >= 0.3 is 0 Å². The minimum Gasteiger partial charge on any atom is -0.506 e. The molecule has 0 radical (unpaired) electrons. The fourth-order valence-corrected chi connectivity index (χ4v) is 1.56. The van der Waals surface area contributed by atoms with Gasteiger partial charge in [0, 0.05) is 11.1 Å². The van der Waals surface area contributed by atoms with Crippen LogP contribution in [-0.4, -0.2) is 5.11 Å². The molecule has 0 heterocycles. The number of phenolic OH excluding ortho intramolecular Hbond substituents is 1. The van der Waals surface area contributed by atoms with Crippen LogP contribution in [0.4, 0.5) is 4.39 Å². The maximum Gasteiger partial charge on any atom is 0.139 e. The predicted molar refractivity (Wildman–Crippen MR) is 48.2 cm³/mol. The zero-order chi connectivity index (χ0) is 9.64. The summed E-state index contributed by atoms with van der Waals surface area (Å²) < 4.78 is 12.9. The van der Waals surface area contributed by atoms with Crippen LogP contribution in [0.2, 0.25) is 5.02 Å². The Hall–Kier alpha value is -0.800. The van der Waals surface area contributed by atoms with Crippen molar-refractivity contribution < 1.29 is 9.50 Å². The molecule has 1 aliphatic rings. The number of hydrogen-bond acceptors (Lipinski definition) is 2. The molecule has 0 spiro atoms. The average molecular weight is 202 g/mol. The lowest BCUT2D eigenvalue weighted by atomic mass is 10.0. The van der Waals surface area contributed by atoms with Crippen LogP contribution in [0.1, 0.15) is 18.4 Å². The number of nitrogens with two attached hydrogens (primary N) is 1. The standard InChI is InChI=1S/C9H9ClFNO/c10-7-4-5(11)3-6(8(7)13)9(12)1-2-9/h3-4,13H,1-2,12H2. The molecule has 1 fully saturated rings. The highest BCUT2D eigenvalue weighted by Crippen LogP contribution is 2.48. The molecule has 4 heteroatoms. The highest BCUT2D eigenvalue weighted by atomic mass is 35.5. The Morgan fingerprint density at radius 3 is 2.62 bits per heavy atom. The number of phenols is 1. The molecule has 13 heavy (non-hydrogen) atoms. The van der Waals surface area contributed by atoms with Crippen LogP contribution in [0.5, 0.6) is 5.75 Å². The van der Waals surface area contributed by atoms with E-state index in [2.05, 4.69) is 0 Å². The summed E-state index contributed by atoms with van der Waals surface area (Å²) in [4.78, 5) is 0. The van der Waals surface area contributed by atoms with E-state index in [0.717, 1.165) is 18.9 Å². The summed E-state index contributed by atoms with van der Waals surface area (Å²) >= 11 is 5.61. The Kier molecular flexibility index (Phi) is 1.75. The largest absolute Gasteiger partial charge is 0.506 e.